The predicted octanol–water partition coefficient (Wildman–Crippen LogP) is 2.56. The molecular formula is C12H24O6. The molecule has 0 heterocycles. The Balaban J connectivity index is 0. The molecule has 0 aromatic rings. The van der Waals surface area contributed by atoms with Gasteiger partial charge in [-0.3, -0.25) is 0 Å². The lowest BCUT2D eigenvalue weighted by atomic mass is 10.2. The molecule has 0 rings (SSSR count). The lowest BCUT2D eigenvalue weighted by Crippen LogP contribution is -2.27. The second-order valence-corrected chi connectivity index (χ2v) is 5.54. The Bertz CT molecular complexity index is 231. The first kappa shape index (κ1) is 19.2. The van der Waals surface area contributed by atoms with Crippen LogP contribution in [0.5, 0.6) is 0 Å². The maximum atomic E-state index is 9.85. The average molecular weight is 264 g/mol. The van der Waals surface area contributed by atoms with Crippen LogP contribution in [0, 0.1) is 0 Å². The molecule has 0 aliphatic heterocycles. The van der Waals surface area contributed by atoms with Gasteiger partial charge in [0, 0.05) is 13.8 Å². The first-order valence-corrected chi connectivity index (χ1v) is 5.56. The van der Waals surface area contributed by atoms with Gasteiger partial charge in [0.1, 0.15) is 0 Å². The van der Waals surface area contributed by atoms with Crippen molar-refractivity contribution in [2.45, 2.75) is 66.6 Å². The molecule has 0 bridgehead atoms. The van der Waals surface area contributed by atoms with Gasteiger partial charge in [-0.15, -0.1) is 0 Å². The third-order valence-electron chi connectivity index (χ3n) is 0.818. The predicted molar refractivity (Wildman–Crippen MR) is 65.2 cm³/mol. The van der Waals surface area contributed by atoms with E-state index in [1.54, 1.807) is 0 Å². The molecule has 0 aliphatic rings. The molecule has 0 aliphatic carbocycles. The van der Waals surface area contributed by atoms with Crippen molar-refractivity contribution in [2.75, 3.05) is 0 Å². The molecule has 0 amide bonds. The maximum absolute atomic E-state index is 9.85. The van der Waals surface area contributed by atoms with Crippen molar-refractivity contribution in [3.63, 3.8) is 0 Å². The van der Waals surface area contributed by atoms with Crippen LogP contribution in [0.25, 0.3) is 0 Å². The van der Waals surface area contributed by atoms with Gasteiger partial charge >= 0.3 is 11.9 Å². The largest absolute Gasteiger partial charge is 0.352 e. The number of hydrogen-bond donors (Lipinski definition) is 0. The molecule has 6 heteroatoms. The maximum Gasteiger partial charge on any atom is 0.352 e. The molecule has 0 atom stereocenters. The first-order chi connectivity index (χ1) is 7.83. The standard InChI is InChI=1S/C8H18O2.C4H6O4/c1-7(2,3)9-10-8(4,5)6;1-3(5)7-8-4(2)6/h1-6H3;1-2H3. The van der Waals surface area contributed by atoms with Crippen LogP contribution in [-0.2, 0) is 29.1 Å². The van der Waals surface area contributed by atoms with E-state index < -0.39 is 11.9 Å². The number of rotatable bonds is 1. The molecule has 108 valence electrons. The van der Waals surface area contributed by atoms with Crippen LogP contribution in [0.15, 0.2) is 0 Å². The Labute approximate surface area is 108 Å². The van der Waals surface area contributed by atoms with Crippen molar-refractivity contribution in [3.8, 4) is 0 Å². The van der Waals surface area contributed by atoms with Crippen LogP contribution in [0.1, 0.15) is 55.4 Å². The van der Waals surface area contributed by atoms with E-state index in [0.717, 1.165) is 13.8 Å². The van der Waals surface area contributed by atoms with Gasteiger partial charge in [-0.05, 0) is 41.5 Å². The zero-order chi connectivity index (χ0) is 15.0. The number of carbonyl (C=O) groups excluding carboxylic acids is 2. The van der Waals surface area contributed by atoms with Gasteiger partial charge in [-0.1, -0.05) is 0 Å². The Morgan fingerprint density at radius 1 is 0.667 bits per heavy atom. The zero-order valence-corrected chi connectivity index (χ0v) is 12.4. The fourth-order valence-corrected chi connectivity index (χ4v) is 0.367. The molecule has 0 spiro atoms. The highest BCUT2D eigenvalue weighted by Gasteiger charge is 2.18. The fraction of sp³-hybridized carbons (Fsp3) is 0.833. The molecule has 0 aromatic carbocycles. The molecule has 0 N–H and O–H groups in total. The molecule has 0 fully saturated rings. The summed E-state index contributed by atoms with van der Waals surface area (Å²) in [5.41, 5.74) is -0.430. The van der Waals surface area contributed by atoms with Crippen LogP contribution in [0.4, 0.5) is 0 Å². The van der Waals surface area contributed by atoms with Gasteiger partial charge in [-0.2, -0.15) is 0 Å². The van der Waals surface area contributed by atoms with E-state index in [4.69, 9.17) is 9.78 Å². The quantitative estimate of drug-likeness (QED) is 0.535. The van der Waals surface area contributed by atoms with Gasteiger partial charge in [-0.25, -0.2) is 29.1 Å². The monoisotopic (exact) mass is 264 g/mol. The zero-order valence-electron chi connectivity index (χ0n) is 12.4. The van der Waals surface area contributed by atoms with Crippen LogP contribution < -0.4 is 0 Å². The van der Waals surface area contributed by atoms with E-state index in [2.05, 4.69) is 9.78 Å². The minimum absolute atomic E-state index is 0.215. The Morgan fingerprint density at radius 3 is 1.00 bits per heavy atom. The molecule has 0 aromatic heterocycles. The van der Waals surface area contributed by atoms with Gasteiger partial charge in [0.25, 0.3) is 0 Å². The highest BCUT2D eigenvalue weighted by molar-refractivity contribution is 5.69. The Kier molecular flexibility index (Phi) is 8.59. The van der Waals surface area contributed by atoms with Crippen molar-refractivity contribution >= 4 is 11.9 Å². The smallest absolute Gasteiger partial charge is 0.248 e. The molecule has 0 saturated heterocycles. The van der Waals surface area contributed by atoms with Crippen LogP contribution in [0.3, 0.4) is 0 Å². The SMILES string of the molecule is CC(=O)OOC(C)=O.CC(C)(C)OOC(C)(C)C. The minimum atomic E-state index is -0.639. The second kappa shape index (κ2) is 8.05. The summed E-state index contributed by atoms with van der Waals surface area (Å²) in [5, 5.41) is 0. The highest BCUT2D eigenvalue weighted by Crippen LogP contribution is 2.14. The van der Waals surface area contributed by atoms with Gasteiger partial charge in [0.15, 0.2) is 0 Å². The summed E-state index contributed by atoms with van der Waals surface area (Å²) in [6.07, 6.45) is 0. The summed E-state index contributed by atoms with van der Waals surface area (Å²) >= 11 is 0. The summed E-state index contributed by atoms with van der Waals surface area (Å²) in [5.74, 6) is -1.28. The minimum Gasteiger partial charge on any atom is -0.248 e. The molecule has 18 heavy (non-hydrogen) atoms. The third-order valence-corrected chi connectivity index (χ3v) is 0.818. The van der Waals surface area contributed by atoms with Crippen molar-refractivity contribution < 1.29 is 29.1 Å². The summed E-state index contributed by atoms with van der Waals surface area (Å²) < 4.78 is 0. The molecule has 0 radical (unpaired) electrons. The normalized spacial score (nSPS) is 11.1. The summed E-state index contributed by atoms with van der Waals surface area (Å²) in [6.45, 7) is 14.0. The van der Waals surface area contributed by atoms with E-state index in [0.29, 0.717) is 0 Å². The van der Waals surface area contributed by atoms with Crippen molar-refractivity contribution in [1.82, 2.24) is 0 Å². The van der Waals surface area contributed by atoms with Crippen LogP contribution in [0.2, 0.25) is 0 Å². The van der Waals surface area contributed by atoms with E-state index in [1.165, 1.54) is 0 Å². The molecular weight excluding hydrogens is 240 g/mol. The van der Waals surface area contributed by atoms with Gasteiger partial charge in [0.05, 0.1) is 11.2 Å². The first-order valence-electron chi connectivity index (χ1n) is 5.56. The lowest BCUT2D eigenvalue weighted by molar-refractivity contribution is -0.393. The Morgan fingerprint density at radius 2 is 0.889 bits per heavy atom. The van der Waals surface area contributed by atoms with Crippen molar-refractivity contribution in [3.05, 3.63) is 0 Å². The van der Waals surface area contributed by atoms with Crippen molar-refractivity contribution in [2.24, 2.45) is 0 Å². The van der Waals surface area contributed by atoms with Gasteiger partial charge < -0.3 is 0 Å². The summed E-state index contributed by atoms with van der Waals surface area (Å²) in [7, 11) is 0. The van der Waals surface area contributed by atoms with E-state index in [1.807, 2.05) is 41.5 Å². The molecule has 0 saturated carbocycles. The number of hydrogen-bond acceptors (Lipinski definition) is 6. The Hall–Kier alpha value is -1.14. The second-order valence-electron chi connectivity index (χ2n) is 5.54. The topological polar surface area (TPSA) is 71.1 Å². The third kappa shape index (κ3) is 24.2. The fourth-order valence-electron chi connectivity index (χ4n) is 0.367. The van der Waals surface area contributed by atoms with E-state index in [-0.39, 0.29) is 11.2 Å². The summed E-state index contributed by atoms with van der Waals surface area (Å²) in [4.78, 5) is 37.5. The number of carbonyl (C=O) groups is 2. The van der Waals surface area contributed by atoms with Crippen LogP contribution >= 0.6 is 0 Å². The van der Waals surface area contributed by atoms with Crippen molar-refractivity contribution in [1.29, 1.82) is 0 Å². The highest BCUT2D eigenvalue weighted by atomic mass is 17.2. The molecule has 0 unspecified atom stereocenters. The van der Waals surface area contributed by atoms with E-state index in [9.17, 15) is 9.59 Å². The van der Waals surface area contributed by atoms with Crippen LogP contribution in [-0.4, -0.2) is 23.1 Å². The average Bonchev–Trinajstić information content (AvgIpc) is 2.10. The van der Waals surface area contributed by atoms with E-state index >= 15 is 0 Å². The summed E-state index contributed by atoms with van der Waals surface area (Å²) in [6, 6.07) is 0. The lowest BCUT2D eigenvalue weighted by Gasteiger charge is -2.24. The molecule has 6 nitrogen and oxygen atoms in total. The van der Waals surface area contributed by atoms with Gasteiger partial charge in [0.2, 0.25) is 0 Å².